The molecule has 7 heteroatoms. The zero-order valence-electron chi connectivity index (χ0n) is 11.0. The minimum absolute atomic E-state index is 0. The number of rotatable bonds is 3. The molecule has 1 aliphatic heterocycles. The zero-order valence-corrected chi connectivity index (χ0v) is 12.7. The van der Waals surface area contributed by atoms with Crippen LogP contribution in [0.1, 0.15) is 5.56 Å². The van der Waals surface area contributed by atoms with Gasteiger partial charge in [-0.2, -0.15) is 0 Å². The molecule has 0 aromatic heterocycles. The average molecular weight is 307 g/mol. The van der Waals surface area contributed by atoms with Gasteiger partial charge in [0.1, 0.15) is 0 Å². The lowest BCUT2D eigenvalue weighted by molar-refractivity contribution is 0.148. The first kappa shape index (κ1) is 18.7. The summed E-state index contributed by atoms with van der Waals surface area (Å²) in [5, 5.41) is 18.6. The van der Waals surface area contributed by atoms with E-state index >= 15 is 0 Å². The molecule has 1 saturated heterocycles. The summed E-state index contributed by atoms with van der Waals surface area (Å²) in [5.41, 5.74) is 1.62. The van der Waals surface area contributed by atoms with Crippen LogP contribution in [-0.4, -0.2) is 60.2 Å². The molecule has 0 bridgehead atoms. The van der Waals surface area contributed by atoms with Crippen molar-refractivity contribution in [2.24, 2.45) is 0 Å². The van der Waals surface area contributed by atoms with Crippen molar-refractivity contribution in [3.63, 3.8) is 0 Å². The maximum atomic E-state index is 9.30. The summed E-state index contributed by atoms with van der Waals surface area (Å²) in [6.45, 7) is 5.01. The van der Waals surface area contributed by atoms with Gasteiger partial charge in [0, 0.05) is 32.7 Å². The van der Waals surface area contributed by atoms with Crippen LogP contribution in [0.3, 0.4) is 0 Å². The van der Waals surface area contributed by atoms with Gasteiger partial charge < -0.3 is 14.9 Å². The van der Waals surface area contributed by atoms with Crippen molar-refractivity contribution >= 4 is 37.4 Å². The van der Waals surface area contributed by atoms with E-state index in [9.17, 15) is 10.0 Å². The number of nitrogens with zero attached hydrogens (tertiary/aromatic N) is 2. The number of benzene rings is 1. The Morgan fingerprint density at radius 2 is 1.63 bits per heavy atom. The van der Waals surface area contributed by atoms with E-state index in [2.05, 4.69) is 16.8 Å². The Bertz CT molecular complexity index is 375. The van der Waals surface area contributed by atoms with E-state index in [1.165, 1.54) is 0 Å². The number of hydrogen-bond acceptors (Lipinski definition) is 4. The predicted molar refractivity (Wildman–Crippen MR) is 83.5 cm³/mol. The lowest BCUT2D eigenvalue weighted by Crippen LogP contribution is -2.45. The molecule has 2 N–H and O–H groups in total. The van der Waals surface area contributed by atoms with Crippen molar-refractivity contribution in [2.45, 2.75) is 6.54 Å². The van der Waals surface area contributed by atoms with Crippen LogP contribution in [0.25, 0.3) is 0 Å². The molecule has 0 spiro atoms. The van der Waals surface area contributed by atoms with Crippen molar-refractivity contribution in [3.8, 4) is 0 Å². The summed E-state index contributed by atoms with van der Waals surface area (Å²) in [5.74, 6) is 0. The molecule has 1 fully saturated rings. The van der Waals surface area contributed by atoms with Crippen molar-refractivity contribution < 1.29 is 10.0 Å². The first-order valence-electron chi connectivity index (χ1n) is 6.01. The molecular weight excluding hydrogens is 286 g/mol. The maximum Gasteiger partial charge on any atom is 0.488 e. The molecule has 0 radical (unpaired) electrons. The molecule has 0 unspecified atom stereocenters. The number of piperazine rings is 1. The normalized spacial score (nSPS) is 16.4. The van der Waals surface area contributed by atoms with E-state index in [1.54, 1.807) is 6.07 Å². The lowest BCUT2D eigenvalue weighted by Gasteiger charge is -2.32. The minimum atomic E-state index is -1.38. The molecule has 0 atom stereocenters. The highest BCUT2D eigenvalue weighted by Gasteiger charge is 2.19. The second kappa shape index (κ2) is 8.79. The molecule has 0 amide bonds. The summed E-state index contributed by atoms with van der Waals surface area (Å²) in [7, 11) is 0.752. The van der Waals surface area contributed by atoms with Crippen LogP contribution < -0.4 is 5.46 Å². The van der Waals surface area contributed by atoms with Gasteiger partial charge >= 0.3 is 7.12 Å². The Balaban J connectivity index is 0.00000162. The SMILES string of the molecule is CN1CCN(Cc2ccccc2B(O)O)CC1.Cl.Cl. The molecular formula is C12H21BCl2N2O2. The Hall–Kier alpha value is -0.295. The maximum absolute atomic E-state index is 9.30. The fourth-order valence-electron chi connectivity index (χ4n) is 2.18. The third-order valence-corrected chi connectivity index (χ3v) is 3.32. The van der Waals surface area contributed by atoms with Crippen molar-refractivity contribution in [3.05, 3.63) is 29.8 Å². The largest absolute Gasteiger partial charge is 0.488 e. The molecule has 108 valence electrons. The van der Waals surface area contributed by atoms with Gasteiger partial charge in [0.15, 0.2) is 0 Å². The van der Waals surface area contributed by atoms with E-state index in [4.69, 9.17) is 0 Å². The first-order chi connectivity index (χ1) is 8.16. The van der Waals surface area contributed by atoms with Gasteiger partial charge in [-0.15, -0.1) is 24.8 Å². The quantitative estimate of drug-likeness (QED) is 0.769. The molecule has 4 nitrogen and oxygen atoms in total. The fraction of sp³-hybridized carbons (Fsp3) is 0.500. The van der Waals surface area contributed by atoms with Gasteiger partial charge in [-0.3, -0.25) is 4.90 Å². The highest BCUT2D eigenvalue weighted by atomic mass is 35.5. The third-order valence-electron chi connectivity index (χ3n) is 3.32. The van der Waals surface area contributed by atoms with Crippen molar-refractivity contribution in [1.82, 2.24) is 9.80 Å². The average Bonchev–Trinajstić information content (AvgIpc) is 2.32. The molecule has 0 saturated carbocycles. The Morgan fingerprint density at radius 3 is 2.21 bits per heavy atom. The molecule has 0 aliphatic carbocycles. The first-order valence-corrected chi connectivity index (χ1v) is 6.01. The monoisotopic (exact) mass is 306 g/mol. The summed E-state index contributed by atoms with van der Waals surface area (Å²) < 4.78 is 0. The van der Waals surface area contributed by atoms with Gasteiger partial charge in [0.25, 0.3) is 0 Å². The smallest absolute Gasteiger partial charge is 0.423 e. The van der Waals surface area contributed by atoms with Crippen molar-refractivity contribution in [2.75, 3.05) is 33.2 Å². The fourth-order valence-corrected chi connectivity index (χ4v) is 2.18. The molecule has 1 heterocycles. The van der Waals surface area contributed by atoms with E-state index in [0.717, 1.165) is 38.3 Å². The van der Waals surface area contributed by atoms with E-state index in [0.29, 0.717) is 5.46 Å². The van der Waals surface area contributed by atoms with E-state index < -0.39 is 7.12 Å². The third kappa shape index (κ3) is 5.30. The summed E-state index contributed by atoms with van der Waals surface area (Å²) in [6, 6.07) is 7.52. The summed E-state index contributed by atoms with van der Waals surface area (Å²) in [6.07, 6.45) is 0. The van der Waals surface area contributed by atoms with Gasteiger partial charge in [-0.05, 0) is 18.1 Å². The molecule has 1 aliphatic rings. The molecule has 1 aromatic carbocycles. The number of likely N-dealkylation sites (N-methyl/N-ethyl adjacent to an activating group) is 1. The van der Waals surface area contributed by atoms with Gasteiger partial charge in [-0.25, -0.2) is 0 Å². The number of hydrogen-bond donors (Lipinski definition) is 2. The van der Waals surface area contributed by atoms with Gasteiger partial charge in [0.2, 0.25) is 0 Å². The topological polar surface area (TPSA) is 46.9 Å². The Morgan fingerprint density at radius 1 is 1.05 bits per heavy atom. The zero-order chi connectivity index (χ0) is 12.3. The van der Waals surface area contributed by atoms with Gasteiger partial charge in [-0.1, -0.05) is 24.3 Å². The Kier molecular flexibility index (Phi) is 8.66. The van der Waals surface area contributed by atoms with Crippen LogP contribution in [-0.2, 0) is 6.54 Å². The Labute approximate surface area is 127 Å². The van der Waals surface area contributed by atoms with Crippen molar-refractivity contribution in [1.29, 1.82) is 0 Å². The van der Waals surface area contributed by atoms with Crippen LogP contribution in [0.2, 0.25) is 0 Å². The lowest BCUT2D eigenvalue weighted by atomic mass is 9.77. The summed E-state index contributed by atoms with van der Waals surface area (Å²) >= 11 is 0. The van der Waals surface area contributed by atoms with E-state index in [-0.39, 0.29) is 24.8 Å². The second-order valence-electron chi connectivity index (χ2n) is 4.65. The highest BCUT2D eigenvalue weighted by Crippen LogP contribution is 2.06. The van der Waals surface area contributed by atoms with Crippen LogP contribution >= 0.6 is 24.8 Å². The van der Waals surface area contributed by atoms with Gasteiger partial charge in [0.05, 0.1) is 0 Å². The standard InChI is InChI=1S/C12H19BN2O2.2ClH/c1-14-6-8-15(9-7-14)10-11-4-2-3-5-12(11)13(16)17;;/h2-5,16-17H,6-10H2,1H3;2*1H. The van der Waals surface area contributed by atoms with Crippen LogP contribution in [0.5, 0.6) is 0 Å². The highest BCUT2D eigenvalue weighted by molar-refractivity contribution is 6.59. The summed E-state index contributed by atoms with van der Waals surface area (Å²) in [4.78, 5) is 4.66. The van der Waals surface area contributed by atoms with Crippen LogP contribution in [0, 0.1) is 0 Å². The van der Waals surface area contributed by atoms with Crippen LogP contribution in [0.4, 0.5) is 0 Å². The molecule has 1 aromatic rings. The van der Waals surface area contributed by atoms with Crippen LogP contribution in [0.15, 0.2) is 24.3 Å². The van der Waals surface area contributed by atoms with E-state index in [1.807, 2.05) is 18.2 Å². The predicted octanol–water partition coefficient (Wildman–Crippen LogP) is -0.0426. The molecule has 19 heavy (non-hydrogen) atoms. The minimum Gasteiger partial charge on any atom is -0.423 e. The molecule has 2 rings (SSSR count). The second-order valence-corrected chi connectivity index (χ2v) is 4.65. The number of halogens is 2.